The minimum Gasteiger partial charge on any atom is -0.498 e. The lowest BCUT2D eigenvalue weighted by Gasteiger charge is -2.19. The van der Waals surface area contributed by atoms with Crippen molar-refractivity contribution in [3.8, 4) is 39.3 Å². The average Bonchev–Trinajstić information content (AvgIpc) is 3.36. The lowest BCUT2D eigenvalue weighted by atomic mass is 9.86. The predicted molar refractivity (Wildman–Crippen MR) is 130 cm³/mol. The molecule has 0 unspecified atom stereocenters. The second kappa shape index (κ2) is 11.4. The molecule has 0 radical (unpaired) electrons. The van der Waals surface area contributed by atoms with Crippen LogP contribution in [0.15, 0.2) is 6.07 Å². The predicted octanol–water partition coefficient (Wildman–Crippen LogP) is 7.91. The Labute approximate surface area is 249 Å². The fraction of sp³-hybridized carbons (Fsp3) is 0.0370. The summed E-state index contributed by atoms with van der Waals surface area (Å²) in [5.41, 5.74) is -12.8. The van der Waals surface area contributed by atoms with E-state index in [1.54, 1.807) is 0 Å². The summed E-state index contributed by atoms with van der Waals surface area (Å²) in [6, 6.07) is 0.310. The average molecular weight is 689 g/mol. The van der Waals surface area contributed by atoms with Crippen LogP contribution in [0.1, 0.15) is 5.56 Å². The van der Waals surface area contributed by atoms with Gasteiger partial charge in [0.15, 0.2) is 75.7 Å². The van der Waals surface area contributed by atoms with Crippen molar-refractivity contribution >= 4 is 18.2 Å². The molecule has 5 aromatic rings. The molecule has 0 amide bonds. The zero-order valence-corrected chi connectivity index (χ0v) is 22.1. The fourth-order valence-electron chi connectivity index (χ4n) is 4.93. The largest absolute Gasteiger partial charge is 0.708 e. The minimum absolute atomic E-state index is 0.310. The van der Waals surface area contributed by atoms with Crippen LogP contribution in [0.2, 0.25) is 0 Å². The van der Waals surface area contributed by atoms with Gasteiger partial charge in [0, 0.05) is 10.9 Å². The molecule has 47 heavy (non-hydrogen) atoms. The fourth-order valence-corrected chi connectivity index (χ4v) is 4.93. The molecule has 0 aliphatic heterocycles. The molecular weight excluding hydrogens is 682 g/mol. The smallest absolute Gasteiger partial charge is 0.498 e. The zero-order chi connectivity index (χ0) is 35.1. The lowest BCUT2D eigenvalue weighted by Crippen LogP contribution is -2.21. The van der Waals surface area contributed by atoms with Crippen molar-refractivity contribution in [2.45, 2.75) is 6.92 Å². The Morgan fingerprint density at radius 2 is 0.787 bits per heavy atom. The first-order valence-corrected chi connectivity index (χ1v) is 12.1. The summed E-state index contributed by atoms with van der Waals surface area (Å²) < 4.78 is 223. The number of benzene rings is 4. The highest BCUT2D eigenvalue weighted by Crippen LogP contribution is 2.50. The SMILES string of the molecule is Cc1c(-c2c(F)c(F)c(F)c(F)c2F)cc2[nH]c(OB(O)O)c(-c3c(F)c(F)c(F)c(F)c3F)c2c1-c1c(F)c(F)c(F)c(F)c1F. The van der Waals surface area contributed by atoms with Crippen molar-refractivity contribution in [3.63, 3.8) is 0 Å². The molecule has 5 rings (SSSR count). The topological polar surface area (TPSA) is 65.5 Å². The van der Waals surface area contributed by atoms with Gasteiger partial charge >= 0.3 is 7.32 Å². The summed E-state index contributed by atoms with van der Waals surface area (Å²) in [5, 5.41) is 17.4. The van der Waals surface area contributed by atoms with Crippen molar-refractivity contribution in [2.24, 2.45) is 0 Å². The quantitative estimate of drug-likeness (QED) is 0.0761. The highest BCUT2D eigenvalue weighted by molar-refractivity contribution is 6.34. The van der Waals surface area contributed by atoms with Crippen molar-refractivity contribution in [2.75, 3.05) is 0 Å². The van der Waals surface area contributed by atoms with E-state index in [2.05, 4.69) is 4.65 Å². The van der Waals surface area contributed by atoms with Crippen LogP contribution < -0.4 is 4.65 Å². The minimum atomic E-state index is -3.06. The Kier molecular flexibility index (Phi) is 8.16. The monoisotopic (exact) mass is 689 g/mol. The maximum atomic E-state index is 15.3. The summed E-state index contributed by atoms with van der Waals surface area (Å²) in [6.45, 7) is 0.525. The first kappa shape index (κ1) is 33.5. The van der Waals surface area contributed by atoms with E-state index >= 15 is 17.6 Å². The van der Waals surface area contributed by atoms with Crippen LogP contribution in [0, 0.1) is 94.2 Å². The van der Waals surface area contributed by atoms with Crippen LogP contribution in [0.25, 0.3) is 44.3 Å². The number of nitrogens with one attached hydrogen (secondary N) is 1. The van der Waals surface area contributed by atoms with Gasteiger partial charge in [-0.3, -0.25) is 0 Å². The van der Waals surface area contributed by atoms with E-state index in [0.717, 1.165) is 0 Å². The van der Waals surface area contributed by atoms with E-state index in [1.165, 1.54) is 0 Å². The van der Waals surface area contributed by atoms with E-state index in [0.29, 0.717) is 13.0 Å². The Morgan fingerprint density at radius 3 is 1.15 bits per heavy atom. The van der Waals surface area contributed by atoms with E-state index in [1.807, 2.05) is 4.98 Å². The van der Waals surface area contributed by atoms with Gasteiger partial charge in [-0.1, -0.05) is 0 Å². The maximum absolute atomic E-state index is 15.3. The summed E-state index contributed by atoms with van der Waals surface area (Å²) in [5.74, 6) is -41.8. The summed E-state index contributed by atoms with van der Waals surface area (Å²) in [4.78, 5) is 1.88. The molecule has 4 nitrogen and oxygen atoms in total. The molecule has 4 aromatic carbocycles. The number of aromatic nitrogens is 1. The third-order valence-corrected chi connectivity index (χ3v) is 6.93. The standard InChI is InChI=1S/C27H7BF15NO3/c1-3-4(7-12(29)18(35)24(41)19(36)13(7)30)2-5-8(6(3)10-14(31)20(37)25(42)21(38)15(10)32)9(27(44-5)47-28(45)46)11-16(33)22(39)26(43)23(40)17(11)34/h2,44-46H,1H3. The number of halogens is 15. The molecule has 0 saturated heterocycles. The number of hydrogen-bond donors (Lipinski definition) is 3. The summed E-state index contributed by atoms with van der Waals surface area (Å²) >= 11 is 0. The van der Waals surface area contributed by atoms with E-state index < -0.39 is 150 Å². The molecule has 3 N–H and O–H groups in total. The first-order valence-electron chi connectivity index (χ1n) is 12.1. The Hall–Kier alpha value is -4.85. The van der Waals surface area contributed by atoms with Gasteiger partial charge in [-0.25, -0.2) is 65.9 Å². The molecule has 0 aliphatic carbocycles. The molecule has 0 fully saturated rings. The van der Waals surface area contributed by atoms with Crippen LogP contribution in [-0.4, -0.2) is 22.4 Å². The Morgan fingerprint density at radius 1 is 0.468 bits per heavy atom. The number of H-pyrrole nitrogens is 1. The van der Waals surface area contributed by atoms with Crippen LogP contribution in [0.4, 0.5) is 65.9 Å². The van der Waals surface area contributed by atoms with Crippen molar-refractivity contribution in [1.29, 1.82) is 0 Å². The molecule has 246 valence electrons. The molecule has 1 heterocycles. The van der Waals surface area contributed by atoms with Gasteiger partial charge in [-0.15, -0.1) is 0 Å². The third-order valence-electron chi connectivity index (χ3n) is 6.93. The lowest BCUT2D eigenvalue weighted by molar-refractivity contribution is 0.284. The molecule has 20 heteroatoms. The van der Waals surface area contributed by atoms with Gasteiger partial charge in [0.1, 0.15) is 0 Å². The van der Waals surface area contributed by atoms with Crippen LogP contribution >= 0.6 is 0 Å². The van der Waals surface area contributed by atoms with Gasteiger partial charge in [0.25, 0.3) is 0 Å². The molecule has 0 bridgehead atoms. The number of fused-ring (bicyclic) bond motifs is 1. The second-order valence-electron chi connectivity index (χ2n) is 9.45. The molecule has 0 spiro atoms. The van der Waals surface area contributed by atoms with Gasteiger partial charge in [-0.05, 0) is 24.1 Å². The van der Waals surface area contributed by atoms with Gasteiger partial charge in [0.2, 0.25) is 17.5 Å². The van der Waals surface area contributed by atoms with Crippen molar-refractivity contribution in [1.82, 2.24) is 4.98 Å². The number of rotatable bonds is 5. The van der Waals surface area contributed by atoms with E-state index in [4.69, 9.17) is 0 Å². The molecule has 1 aromatic heterocycles. The normalized spacial score (nSPS) is 11.6. The number of hydrogen-bond acceptors (Lipinski definition) is 3. The Balaban J connectivity index is 2.15. The first-order chi connectivity index (χ1) is 21.8. The van der Waals surface area contributed by atoms with Crippen molar-refractivity contribution < 1.29 is 80.6 Å². The van der Waals surface area contributed by atoms with Crippen LogP contribution in [-0.2, 0) is 0 Å². The molecule has 0 aliphatic rings. The van der Waals surface area contributed by atoms with Crippen LogP contribution in [0.5, 0.6) is 5.88 Å². The summed E-state index contributed by atoms with van der Waals surface area (Å²) in [6.07, 6.45) is 0. The zero-order valence-electron chi connectivity index (χ0n) is 22.1. The van der Waals surface area contributed by atoms with Gasteiger partial charge in [0.05, 0.1) is 27.8 Å². The third kappa shape index (κ3) is 4.76. The van der Waals surface area contributed by atoms with Gasteiger partial charge < -0.3 is 19.7 Å². The number of aromatic amines is 1. The van der Waals surface area contributed by atoms with E-state index in [9.17, 15) is 58.3 Å². The van der Waals surface area contributed by atoms with E-state index in [-0.39, 0.29) is 0 Å². The van der Waals surface area contributed by atoms with Gasteiger partial charge in [-0.2, -0.15) is 0 Å². The Bertz CT molecular complexity index is 2100. The molecule has 0 atom stereocenters. The highest BCUT2D eigenvalue weighted by atomic mass is 19.2. The highest BCUT2D eigenvalue weighted by Gasteiger charge is 2.37. The van der Waals surface area contributed by atoms with Crippen molar-refractivity contribution in [3.05, 3.63) is 98.9 Å². The molecule has 0 saturated carbocycles. The van der Waals surface area contributed by atoms with Crippen LogP contribution in [0.3, 0.4) is 0 Å². The maximum Gasteiger partial charge on any atom is 0.708 e. The molecular formula is C27H7BF15NO3. The second-order valence-corrected chi connectivity index (χ2v) is 9.45. The summed E-state index contributed by atoms with van der Waals surface area (Å²) in [7, 11) is -3.06.